The first-order valence-corrected chi connectivity index (χ1v) is 8.79. The van der Waals surface area contributed by atoms with Gasteiger partial charge in [0, 0.05) is 17.4 Å². The number of halogens is 1. The zero-order valence-electron chi connectivity index (χ0n) is 14.6. The van der Waals surface area contributed by atoms with Crippen LogP contribution in [-0.2, 0) is 22.3 Å². The summed E-state index contributed by atoms with van der Waals surface area (Å²) in [6.45, 7) is 0. The van der Waals surface area contributed by atoms with Gasteiger partial charge in [0.2, 0.25) is 5.91 Å². The van der Waals surface area contributed by atoms with Crippen LogP contribution in [0.5, 0.6) is 0 Å². The molecule has 0 radical (unpaired) electrons. The van der Waals surface area contributed by atoms with E-state index in [1.807, 2.05) is 6.07 Å². The molecule has 1 heterocycles. The van der Waals surface area contributed by atoms with Gasteiger partial charge in [0.1, 0.15) is 6.23 Å². The molecule has 0 saturated heterocycles. The van der Waals surface area contributed by atoms with E-state index in [1.165, 1.54) is 6.26 Å². The van der Waals surface area contributed by atoms with Crippen molar-refractivity contribution in [1.29, 1.82) is 5.26 Å². The molecule has 3 rings (SSSR count). The first-order valence-electron chi connectivity index (χ1n) is 8.41. The number of nitrogens with zero attached hydrogens (tertiary/aromatic N) is 1. The minimum absolute atomic E-state index is 0.0525. The van der Waals surface area contributed by atoms with Gasteiger partial charge in [-0.25, -0.2) is 0 Å². The number of para-hydroxylation sites is 1. The first-order chi connectivity index (χ1) is 13.5. The second-order valence-corrected chi connectivity index (χ2v) is 6.45. The molecule has 3 N–H and O–H groups in total. The number of carbonyl (C=O) groups is 1. The number of amides is 1. The maximum Gasteiger partial charge on any atom is 0.635 e. The van der Waals surface area contributed by atoms with Crippen LogP contribution in [0.25, 0.3) is 11.0 Å². The van der Waals surface area contributed by atoms with Crippen molar-refractivity contribution in [3.63, 3.8) is 0 Å². The van der Waals surface area contributed by atoms with Gasteiger partial charge >= 0.3 is 7.32 Å². The molecule has 142 valence electrons. The first kappa shape index (κ1) is 19.9. The van der Waals surface area contributed by atoms with Crippen LogP contribution in [0, 0.1) is 11.3 Å². The van der Waals surface area contributed by atoms with Crippen molar-refractivity contribution in [2.75, 3.05) is 0 Å². The lowest BCUT2D eigenvalue weighted by Crippen LogP contribution is -2.43. The topological polar surface area (TPSA) is 116 Å². The van der Waals surface area contributed by atoms with E-state index in [2.05, 4.69) is 5.32 Å². The fraction of sp³-hybridized carbons (Fsp3) is 0.158. The number of nitrogens with one attached hydrogen (secondary N) is 1. The quantitative estimate of drug-likeness (QED) is 0.415. The maximum atomic E-state index is 12.4. The van der Waals surface area contributed by atoms with Crippen LogP contribution in [-0.4, -0.2) is 29.5 Å². The summed E-state index contributed by atoms with van der Waals surface area (Å²) in [6.07, 6.45) is 0.523. The number of furan rings is 1. The molecule has 0 aliphatic carbocycles. The Hall–Kier alpha value is -2.83. The van der Waals surface area contributed by atoms with Crippen LogP contribution < -0.4 is 5.32 Å². The standard InChI is InChI=1S/C19H16BClN2O5/c21-16-7-3-6-15-14(11-27-19(15)16)9-18(28-20(25)26)23-17(24)8-12-4-1-2-5-13(12)10-22/h1-7,11,18,25-26H,8-9H2,(H,23,24)/t18-/m1/s1. The minimum Gasteiger partial charge on any atom is -0.462 e. The molecular weight excluding hydrogens is 382 g/mol. The fourth-order valence-electron chi connectivity index (χ4n) is 2.90. The van der Waals surface area contributed by atoms with Crippen LogP contribution in [0.3, 0.4) is 0 Å². The van der Waals surface area contributed by atoms with Crippen molar-refractivity contribution in [2.24, 2.45) is 0 Å². The van der Waals surface area contributed by atoms with E-state index in [4.69, 9.17) is 25.9 Å². The molecule has 0 aliphatic rings. The normalized spacial score (nSPS) is 11.8. The van der Waals surface area contributed by atoms with E-state index in [-0.39, 0.29) is 12.8 Å². The molecule has 7 nitrogen and oxygen atoms in total. The Morgan fingerprint density at radius 2 is 2.04 bits per heavy atom. The SMILES string of the molecule is N#Cc1ccccc1CC(=O)N[C@@H](Cc1coc2c(Cl)cccc12)OB(O)O. The van der Waals surface area contributed by atoms with Gasteiger partial charge in [0.15, 0.2) is 5.58 Å². The summed E-state index contributed by atoms with van der Waals surface area (Å²) in [5, 5.41) is 31.3. The molecule has 3 aromatic rings. The van der Waals surface area contributed by atoms with Crippen LogP contribution in [0.15, 0.2) is 53.1 Å². The van der Waals surface area contributed by atoms with Gasteiger partial charge in [-0.1, -0.05) is 41.9 Å². The highest BCUT2D eigenvalue weighted by atomic mass is 35.5. The summed E-state index contributed by atoms with van der Waals surface area (Å²) in [4.78, 5) is 12.4. The van der Waals surface area contributed by atoms with Crippen molar-refractivity contribution in [3.05, 3.63) is 70.4 Å². The number of hydrogen-bond acceptors (Lipinski definition) is 6. The fourth-order valence-corrected chi connectivity index (χ4v) is 3.12. The molecule has 28 heavy (non-hydrogen) atoms. The Labute approximate surface area is 166 Å². The zero-order valence-corrected chi connectivity index (χ0v) is 15.4. The van der Waals surface area contributed by atoms with Crippen LogP contribution in [0.4, 0.5) is 0 Å². The third kappa shape index (κ3) is 4.71. The second kappa shape index (κ2) is 8.91. The van der Waals surface area contributed by atoms with Crippen molar-refractivity contribution in [2.45, 2.75) is 19.1 Å². The number of benzene rings is 2. The monoisotopic (exact) mass is 398 g/mol. The summed E-state index contributed by atoms with van der Waals surface area (Å²) in [6, 6.07) is 14.0. The predicted molar refractivity (Wildman–Crippen MR) is 103 cm³/mol. The molecule has 0 bridgehead atoms. The molecule has 9 heteroatoms. The number of carbonyl (C=O) groups excluding carboxylic acids is 1. The molecule has 0 saturated carbocycles. The van der Waals surface area contributed by atoms with E-state index in [0.29, 0.717) is 27.3 Å². The third-order valence-electron chi connectivity index (χ3n) is 4.13. The summed E-state index contributed by atoms with van der Waals surface area (Å²) in [5.74, 6) is -0.431. The van der Waals surface area contributed by atoms with Gasteiger partial charge < -0.3 is 24.4 Å². The Kier molecular flexibility index (Phi) is 6.34. The second-order valence-electron chi connectivity index (χ2n) is 6.05. The Bertz CT molecular complexity index is 1030. The smallest absolute Gasteiger partial charge is 0.462 e. The van der Waals surface area contributed by atoms with Gasteiger partial charge in [-0.2, -0.15) is 5.26 Å². The lowest BCUT2D eigenvalue weighted by molar-refractivity contribution is -0.123. The number of fused-ring (bicyclic) bond motifs is 1. The number of hydrogen-bond donors (Lipinski definition) is 3. The van der Waals surface area contributed by atoms with Gasteiger partial charge in [-0.05, 0) is 17.7 Å². The van der Waals surface area contributed by atoms with Crippen LogP contribution >= 0.6 is 11.6 Å². The van der Waals surface area contributed by atoms with Gasteiger partial charge in [-0.15, -0.1) is 0 Å². The summed E-state index contributed by atoms with van der Waals surface area (Å²) < 4.78 is 10.5. The van der Waals surface area contributed by atoms with E-state index < -0.39 is 19.5 Å². The van der Waals surface area contributed by atoms with Gasteiger partial charge in [-0.3, -0.25) is 4.79 Å². The van der Waals surface area contributed by atoms with Crippen LogP contribution in [0.2, 0.25) is 5.02 Å². The number of nitriles is 1. The molecule has 1 amide bonds. The molecule has 0 spiro atoms. The highest BCUT2D eigenvalue weighted by molar-refractivity contribution is 6.35. The maximum absolute atomic E-state index is 12.4. The number of rotatable bonds is 7. The summed E-state index contributed by atoms with van der Waals surface area (Å²) >= 11 is 6.09. The van der Waals surface area contributed by atoms with E-state index in [1.54, 1.807) is 42.5 Å². The van der Waals surface area contributed by atoms with Crippen LogP contribution in [0.1, 0.15) is 16.7 Å². The summed E-state index contributed by atoms with van der Waals surface area (Å²) in [7, 11) is -2.07. The highest BCUT2D eigenvalue weighted by Gasteiger charge is 2.23. The average Bonchev–Trinajstić information content (AvgIpc) is 3.06. The third-order valence-corrected chi connectivity index (χ3v) is 4.43. The molecular formula is C19H16BClN2O5. The minimum atomic E-state index is -2.07. The lowest BCUT2D eigenvalue weighted by Gasteiger charge is -2.19. The van der Waals surface area contributed by atoms with Crippen molar-refractivity contribution in [3.8, 4) is 6.07 Å². The predicted octanol–water partition coefficient (Wildman–Crippen LogP) is 2.17. The van der Waals surface area contributed by atoms with E-state index in [9.17, 15) is 14.8 Å². The van der Waals surface area contributed by atoms with Gasteiger partial charge in [0.05, 0.1) is 29.3 Å². The molecule has 2 aromatic carbocycles. The molecule has 0 fully saturated rings. The Morgan fingerprint density at radius 3 is 2.79 bits per heavy atom. The Morgan fingerprint density at radius 1 is 1.25 bits per heavy atom. The van der Waals surface area contributed by atoms with Crippen molar-refractivity contribution < 1.29 is 23.9 Å². The molecule has 1 atom stereocenters. The highest BCUT2D eigenvalue weighted by Crippen LogP contribution is 2.28. The van der Waals surface area contributed by atoms with E-state index >= 15 is 0 Å². The Balaban J connectivity index is 1.75. The van der Waals surface area contributed by atoms with Gasteiger partial charge in [0.25, 0.3) is 0 Å². The average molecular weight is 399 g/mol. The largest absolute Gasteiger partial charge is 0.635 e. The van der Waals surface area contributed by atoms with Crippen molar-refractivity contribution >= 4 is 35.8 Å². The molecule has 0 aliphatic heterocycles. The molecule has 0 unspecified atom stereocenters. The molecule has 1 aromatic heterocycles. The van der Waals surface area contributed by atoms with E-state index in [0.717, 1.165) is 5.39 Å². The summed E-state index contributed by atoms with van der Waals surface area (Å²) in [5.41, 5.74) is 2.14. The lowest BCUT2D eigenvalue weighted by atomic mass is 10.0. The zero-order chi connectivity index (χ0) is 20.1. The van der Waals surface area contributed by atoms with Crippen molar-refractivity contribution in [1.82, 2.24) is 5.32 Å².